The van der Waals surface area contributed by atoms with Crippen LogP contribution >= 0.6 is 0 Å². The Labute approximate surface area is 106 Å². The third-order valence-corrected chi connectivity index (χ3v) is 2.59. The van der Waals surface area contributed by atoms with Gasteiger partial charge < -0.3 is 20.3 Å². The number of rotatable bonds is 7. The summed E-state index contributed by atoms with van der Waals surface area (Å²) in [7, 11) is 0. The maximum absolute atomic E-state index is 13.2. The Balaban J connectivity index is 2.82. The number of benzene rings is 1. The number of nitrogens with one attached hydrogen (secondary N) is 1. The van der Waals surface area contributed by atoms with Crippen molar-refractivity contribution < 1.29 is 19.3 Å². The van der Waals surface area contributed by atoms with Crippen LogP contribution in [0, 0.1) is 5.82 Å². The molecule has 4 nitrogen and oxygen atoms in total. The fourth-order valence-corrected chi connectivity index (χ4v) is 1.65. The summed E-state index contributed by atoms with van der Waals surface area (Å²) in [6.45, 7) is 4.28. The topological polar surface area (TPSA) is 61.7 Å². The lowest BCUT2D eigenvalue weighted by Gasteiger charge is -2.18. The molecule has 3 N–H and O–H groups in total. The Hall–Kier alpha value is -1.17. The molecule has 1 aromatic carbocycles. The second kappa shape index (κ2) is 7.31. The third-order valence-electron chi connectivity index (χ3n) is 2.59. The molecule has 18 heavy (non-hydrogen) atoms. The molecular weight excluding hydrogens is 237 g/mol. The zero-order valence-corrected chi connectivity index (χ0v) is 10.7. The van der Waals surface area contributed by atoms with Crippen LogP contribution in [0.3, 0.4) is 0 Å². The highest BCUT2D eigenvalue weighted by atomic mass is 19.1. The van der Waals surface area contributed by atoms with Crippen LogP contribution in [0.2, 0.25) is 0 Å². The van der Waals surface area contributed by atoms with Crippen molar-refractivity contribution >= 4 is 0 Å². The van der Waals surface area contributed by atoms with Crippen LogP contribution in [0.15, 0.2) is 18.2 Å². The van der Waals surface area contributed by atoms with E-state index in [0.717, 1.165) is 12.1 Å². The predicted molar refractivity (Wildman–Crippen MR) is 67.1 cm³/mol. The van der Waals surface area contributed by atoms with Gasteiger partial charge in [0.2, 0.25) is 0 Å². The van der Waals surface area contributed by atoms with Gasteiger partial charge in [-0.3, -0.25) is 0 Å². The van der Waals surface area contributed by atoms with Gasteiger partial charge in [-0.15, -0.1) is 0 Å². The van der Waals surface area contributed by atoms with Crippen molar-refractivity contribution in [1.82, 2.24) is 5.32 Å². The lowest BCUT2D eigenvalue weighted by Crippen LogP contribution is -2.23. The first kappa shape index (κ1) is 14.9. The molecule has 1 aromatic rings. The fourth-order valence-electron chi connectivity index (χ4n) is 1.65. The van der Waals surface area contributed by atoms with E-state index in [1.54, 1.807) is 6.07 Å². The van der Waals surface area contributed by atoms with E-state index in [2.05, 4.69) is 5.32 Å². The van der Waals surface area contributed by atoms with Gasteiger partial charge >= 0.3 is 0 Å². The van der Waals surface area contributed by atoms with Crippen molar-refractivity contribution in [2.75, 3.05) is 19.8 Å². The van der Waals surface area contributed by atoms with Gasteiger partial charge in [0.1, 0.15) is 24.3 Å². The zero-order valence-electron chi connectivity index (χ0n) is 10.7. The lowest BCUT2D eigenvalue weighted by atomic mass is 10.1. The third kappa shape index (κ3) is 4.25. The van der Waals surface area contributed by atoms with Crippen LogP contribution in [-0.2, 0) is 0 Å². The van der Waals surface area contributed by atoms with E-state index in [1.165, 1.54) is 12.1 Å². The number of hydrogen-bond donors (Lipinski definition) is 3. The van der Waals surface area contributed by atoms with Crippen molar-refractivity contribution in [3.63, 3.8) is 0 Å². The summed E-state index contributed by atoms with van der Waals surface area (Å²) in [5.74, 6) is -0.00751. The molecule has 0 fully saturated rings. The molecule has 0 spiro atoms. The van der Waals surface area contributed by atoms with E-state index >= 15 is 0 Å². The van der Waals surface area contributed by atoms with Gasteiger partial charge in [0, 0.05) is 17.7 Å². The molecule has 102 valence electrons. The van der Waals surface area contributed by atoms with Crippen molar-refractivity contribution in [2.24, 2.45) is 0 Å². The van der Waals surface area contributed by atoms with E-state index in [1.807, 2.05) is 13.8 Å². The molecule has 5 heteroatoms. The van der Waals surface area contributed by atoms with Crippen molar-refractivity contribution in [3.05, 3.63) is 29.6 Å². The SMILES string of the molecule is CCNC(C)c1ccc(F)cc1OCC(O)CO. The Morgan fingerprint density at radius 1 is 1.44 bits per heavy atom. The summed E-state index contributed by atoms with van der Waals surface area (Å²) in [6, 6.07) is 4.34. The zero-order chi connectivity index (χ0) is 13.5. The number of aliphatic hydroxyl groups is 2. The molecule has 0 aliphatic heterocycles. The van der Waals surface area contributed by atoms with Gasteiger partial charge in [0.15, 0.2) is 0 Å². The average molecular weight is 257 g/mol. The van der Waals surface area contributed by atoms with E-state index in [9.17, 15) is 9.50 Å². The van der Waals surface area contributed by atoms with E-state index in [-0.39, 0.29) is 19.3 Å². The molecule has 2 unspecified atom stereocenters. The summed E-state index contributed by atoms with van der Waals surface area (Å²) in [5, 5.41) is 21.2. The molecule has 0 saturated carbocycles. The predicted octanol–water partition coefficient (Wildman–Crippen LogP) is 1.23. The molecule has 1 rings (SSSR count). The van der Waals surface area contributed by atoms with Gasteiger partial charge in [-0.05, 0) is 19.5 Å². The molecule has 0 aromatic heterocycles. The summed E-state index contributed by atoms with van der Waals surface area (Å²) in [4.78, 5) is 0. The first-order valence-corrected chi connectivity index (χ1v) is 6.03. The van der Waals surface area contributed by atoms with Crippen LogP contribution in [0.4, 0.5) is 4.39 Å². The normalized spacial score (nSPS) is 14.3. The second-order valence-corrected chi connectivity index (χ2v) is 4.11. The van der Waals surface area contributed by atoms with E-state index < -0.39 is 11.9 Å². The molecule has 0 saturated heterocycles. The number of halogens is 1. The molecule has 0 radical (unpaired) electrons. The molecule has 0 aliphatic carbocycles. The Kier molecular flexibility index (Phi) is 6.04. The smallest absolute Gasteiger partial charge is 0.127 e. The monoisotopic (exact) mass is 257 g/mol. The molecule has 2 atom stereocenters. The summed E-state index contributed by atoms with van der Waals surface area (Å²) >= 11 is 0. The van der Waals surface area contributed by atoms with Crippen LogP contribution < -0.4 is 10.1 Å². The minimum absolute atomic E-state index is 0.0249. The summed E-state index contributed by atoms with van der Waals surface area (Å²) < 4.78 is 18.5. The lowest BCUT2D eigenvalue weighted by molar-refractivity contribution is 0.0530. The first-order chi connectivity index (χ1) is 8.58. The Bertz CT molecular complexity index is 373. The van der Waals surface area contributed by atoms with E-state index in [4.69, 9.17) is 9.84 Å². The van der Waals surface area contributed by atoms with Gasteiger partial charge in [-0.25, -0.2) is 4.39 Å². The van der Waals surface area contributed by atoms with Gasteiger partial charge in [-0.1, -0.05) is 13.0 Å². The quantitative estimate of drug-likeness (QED) is 0.687. The molecule has 0 heterocycles. The number of hydrogen-bond acceptors (Lipinski definition) is 4. The summed E-state index contributed by atoms with van der Waals surface area (Å²) in [6.07, 6.45) is -0.962. The standard InChI is InChI=1S/C13H20FNO3/c1-3-15-9(2)12-5-4-10(14)6-13(12)18-8-11(17)7-16/h4-6,9,11,15-17H,3,7-8H2,1-2H3. The number of ether oxygens (including phenoxy) is 1. The highest BCUT2D eigenvalue weighted by molar-refractivity contribution is 5.36. The maximum atomic E-state index is 13.2. The van der Waals surface area contributed by atoms with E-state index in [0.29, 0.717) is 5.75 Å². The summed E-state index contributed by atoms with van der Waals surface area (Å²) in [5.41, 5.74) is 0.823. The minimum Gasteiger partial charge on any atom is -0.490 e. The highest BCUT2D eigenvalue weighted by Crippen LogP contribution is 2.26. The second-order valence-electron chi connectivity index (χ2n) is 4.11. The Morgan fingerprint density at radius 3 is 2.78 bits per heavy atom. The molecule has 0 bridgehead atoms. The largest absolute Gasteiger partial charge is 0.490 e. The minimum atomic E-state index is -0.962. The van der Waals surface area contributed by atoms with Crippen molar-refractivity contribution in [1.29, 1.82) is 0 Å². The molecule has 0 amide bonds. The van der Waals surface area contributed by atoms with Crippen LogP contribution in [0.1, 0.15) is 25.5 Å². The molecule has 0 aliphatic rings. The van der Waals surface area contributed by atoms with Gasteiger partial charge in [0.25, 0.3) is 0 Å². The number of aliphatic hydroxyl groups excluding tert-OH is 2. The Morgan fingerprint density at radius 2 is 2.17 bits per heavy atom. The van der Waals surface area contributed by atoms with Crippen molar-refractivity contribution in [2.45, 2.75) is 26.0 Å². The highest BCUT2D eigenvalue weighted by Gasteiger charge is 2.13. The van der Waals surface area contributed by atoms with Gasteiger partial charge in [0.05, 0.1) is 6.61 Å². The van der Waals surface area contributed by atoms with Crippen LogP contribution in [0.5, 0.6) is 5.75 Å². The van der Waals surface area contributed by atoms with Crippen LogP contribution in [0.25, 0.3) is 0 Å². The van der Waals surface area contributed by atoms with Gasteiger partial charge in [-0.2, -0.15) is 0 Å². The van der Waals surface area contributed by atoms with Crippen LogP contribution in [-0.4, -0.2) is 36.1 Å². The first-order valence-electron chi connectivity index (χ1n) is 6.03. The average Bonchev–Trinajstić information content (AvgIpc) is 2.36. The maximum Gasteiger partial charge on any atom is 0.127 e. The fraction of sp³-hybridized carbons (Fsp3) is 0.538. The molecular formula is C13H20FNO3. The van der Waals surface area contributed by atoms with Crippen molar-refractivity contribution in [3.8, 4) is 5.75 Å².